The van der Waals surface area contributed by atoms with Gasteiger partial charge in [-0.05, 0) is 29.8 Å². The van der Waals surface area contributed by atoms with Gasteiger partial charge in [-0.1, -0.05) is 30.3 Å². The summed E-state index contributed by atoms with van der Waals surface area (Å²) in [5.41, 5.74) is 6.52. The lowest BCUT2D eigenvalue weighted by molar-refractivity contribution is 0.0929. The number of nitriles is 1. The zero-order chi connectivity index (χ0) is 15.1. The fourth-order valence-electron chi connectivity index (χ4n) is 1.79. The second-order valence-corrected chi connectivity index (χ2v) is 4.30. The van der Waals surface area contributed by atoms with Gasteiger partial charge in [0.15, 0.2) is 0 Å². The zero-order valence-electron chi connectivity index (χ0n) is 11.5. The topological polar surface area (TPSA) is 74.2 Å². The number of amides is 1. The number of hydrazine groups is 1. The molecule has 0 saturated carbocycles. The molecule has 2 aromatic carbocycles. The van der Waals surface area contributed by atoms with E-state index in [4.69, 9.17) is 4.74 Å². The Balaban J connectivity index is 1.99. The lowest BCUT2D eigenvalue weighted by atomic mass is 10.1. The highest BCUT2D eigenvalue weighted by molar-refractivity contribution is 5.93. The SMILES string of the molecule is COc1ccc(C(C#N)NNC(=O)c2ccccc2)cc1. The van der Waals surface area contributed by atoms with E-state index in [2.05, 4.69) is 16.9 Å². The van der Waals surface area contributed by atoms with Gasteiger partial charge in [0, 0.05) is 5.56 Å². The number of hydrogen-bond donors (Lipinski definition) is 2. The number of nitrogens with zero attached hydrogens (tertiary/aromatic N) is 1. The van der Waals surface area contributed by atoms with E-state index in [9.17, 15) is 10.1 Å². The van der Waals surface area contributed by atoms with Crippen LogP contribution >= 0.6 is 0 Å². The van der Waals surface area contributed by atoms with Gasteiger partial charge in [0.2, 0.25) is 0 Å². The first-order valence-corrected chi connectivity index (χ1v) is 6.39. The maximum absolute atomic E-state index is 11.9. The molecule has 0 aliphatic rings. The Morgan fingerprint density at radius 1 is 1.14 bits per heavy atom. The van der Waals surface area contributed by atoms with Gasteiger partial charge in [-0.25, -0.2) is 5.43 Å². The number of ether oxygens (including phenoxy) is 1. The molecule has 0 heterocycles. The molecule has 1 amide bonds. The second-order valence-electron chi connectivity index (χ2n) is 4.30. The summed E-state index contributed by atoms with van der Waals surface area (Å²) < 4.78 is 5.07. The molecule has 1 unspecified atom stereocenters. The summed E-state index contributed by atoms with van der Waals surface area (Å²) in [5, 5.41) is 9.19. The van der Waals surface area contributed by atoms with Gasteiger partial charge in [0.25, 0.3) is 5.91 Å². The van der Waals surface area contributed by atoms with Crippen molar-refractivity contribution < 1.29 is 9.53 Å². The Kier molecular flexibility index (Phi) is 4.91. The van der Waals surface area contributed by atoms with Crippen LogP contribution in [0.3, 0.4) is 0 Å². The van der Waals surface area contributed by atoms with Crippen LogP contribution < -0.4 is 15.6 Å². The van der Waals surface area contributed by atoms with Gasteiger partial charge < -0.3 is 4.74 Å². The second kappa shape index (κ2) is 7.08. The number of methoxy groups -OCH3 is 1. The minimum Gasteiger partial charge on any atom is -0.497 e. The van der Waals surface area contributed by atoms with Crippen LogP contribution in [0.4, 0.5) is 0 Å². The Hall–Kier alpha value is -2.84. The molecule has 0 spiro atoms. The van der Waals surface area contributed by atoms with Crippen molar-refractivity contribution in [2.24, 2.45) is 0 Å². The van der Waals surface area contributed by atoms with E-state index in [0.717, 1.165) is 5.56 Å². The standard InChI is InChI=1S/C16H15N3O2/c1-21-14-9-7-12(8-10-14)15(11-17)18-19-16(20)13-5-3-2-4-6-13/h2-10,15,18H,1H3,(H,19,20). The van der Waals surface area contributed by atoms with E-state index in [0.29, 0.717) is 11.3 Å². The van der Waals surface area contributed by atoms with Crippen molar-refractivity contribution in [1.82, 2.24) is 10.9 Å². The average molecular weight is 281 g/mol. The minimum atomic E-state index is -0.636. The van der Waals surface area contributed by atoms with Gasteiger partial charge in [0.1, 0.15) is 11.8 Å². The first-order chi connectivity index (χ1) is 10.2. The molecule has 5 heteroatoms. The molecule has 0 aromatic heterocycles. The summed E-state index contributed by atoms with van der Waals surface area (Å²) >= 11 is 0. The molecule has 106 valence electrons. The van der Waals surface area contributed by atoms with Crippen molar-refractivity contribution in [2.75, 3.05) is 7.11 Å². The van der Waals surface area contributed by atoms with E-state index in [1.807, 2.05) is 6.07 Å². The first kappa shape index (κ1) is 14.6. The van der Waals surface area contributed by atoms with Crippen LogP contribution in [0.2, 0.25) is 0 Å². The van der Waals surface area contributed by atoms with E-state index >= 15 is 0 Å². The molecule has 0 aliphatic carbocycles. The van der Waals surface area contributed by atoms with E-state index < -0.39 is 6.04 Å². The molecule has 0 saturated heterocycles. The summed E-state index contributed by atoms with van der Waals surface area (Å²) in [5.74, 6) is 0.424. The Labute approximate surface area is 123 Å². The zero-order valence-corrected chi connectivity index (χ0v) is 11.5. The maximum atomic E-state index is 11.9. The molecule has 0 bridgehead atoms. The van der Waals surface area contributed by atoms with Crippen LogP contribution in [0.1, 0.15) is 22.0 Å². The normalized spacial score (nSPS) is 11.2. The number of rotatable bonds is 5. The lowest BCUT2D eigenvalue weighted by Gasteiger charge is -2.13. The number of benzene rings is 2. The molecule has 2 rings (SSSR count). The van der Waals surface area contributed by atoms with Gasteiger partial charge in [-0.3, -0.25) is 10.2 Å². The molecule has 0 aliphatic heterocycles. The third kappa shape index (κ3) is 3.81. The highest BCUT2D eigenvalue weighted by atomic mass is 16.5. The summed E-state index contributed by atoms with van der Waals surface area (Å²) in [4.78, 5) is 11.9. The van der Waals surface area contributed by atoms with Gasteiger partial charge >= 0.3 is 0 Å². The van der Waals surface area contributed by atoms with Crippen molar-refractivity contribution in [1.29, 1.82) is 5.26 Å². The summed E-state index contributed by atoms with van der Waals surface area (Å²) in [6.45, 7) is 0. The quantitative estimate of drug-likeness (QED) is 0.824. The number of hydrogen-bond acceptors (Lipinski definition) is 4. The molecule has 0 radical (unpaired) electrons. The third-order valence-corrected chi connectivity index (χ3v) is 2.94. The molecular weight excluding hydrogens is 266 g/mol. The van der Waals surface area contributed by atoms with Gasteiger partial charge in [-0.2, -0.15) is 5.26 Å². The molecule has 21 heavy (non-hydrogen) atoms. The summed E-state index contributed by atoms with van der Waals surface area (Å²) in [7, 11) is 1.58. The predicted molar refractivity (Wildman–Crippen MR) is 78.4 cm³/mol. The van der Waals surface area contributed by atoms with Crippen LogP contribution in [0.15, 0.2) is 54.6 Å². The van der Waals surface area contributed by atoms with Crippen molar-refractivity contribution in [2.45, 2.75) is 6.04 Å². The Morgan fingerprint density at radius 2 is 1.81 bits per heavy atom. The van der Waals surface area contributed by atoms with Crippen LogP contribution in [0.5, 0.6) is 5.75 Å². The van der Waals surface area contributed by atoms with Crippen LogP contribution in [-0.2, 0) is 0 Å². The Morgan fingerprint density at radius 3 is 2.38 bits per heavy atom. The largest absolute Gasteiger partial charge is 0.497 e. The summed E-state index contributed by atoms with van der Waals surface area (Å²) in [6, 6.07) is 17.3. The maximum Gasteiger partial charge on any atom is 0.265 e. The average Bonchev–Trinajstić information content (AvgIpc) is 2.56. The monoisotopic (exact) mass is 281 g/mol. The number of nitrogens with one attached hydrogen (secondary N) is 2. The third-order valence-electron chi connectivity index (χ3n) is 2.94. The van der Waals surface area contributed by atoms with E-state index in [-0.39, 0.29) is 5.91 Å². The predicted octanol–water partition coefficient (Wildman–Crippen LogP) is 2.19. The van der Waals surface area contributed by atoms with Gasteiger partial charge in [0.05, 0.1) is 13.2 Å². The fraction of sp³-hybridized carbons (Fsp3) is 0.125. The first-order valence-electron chi connectivity index (χ1n) is 6.39. The molecule has 5 nitrogen and oxygen atoms in total. The lowest BCUT2D eigenvalue weighted by Crippen LogP contribution is -2.39. The number of carbonyl (C=O) groups is 1. The highest BCUT2D eigenvalue weighted by Crippen LogP contribution is 2.16. The smallest absolute Gasteiger partial charge is 0.265 e. The van der Waals surface area contributed by atoms with Gasteiger partial charge in [-0.15, -0.1) is 0 Å². The Bertz CT molecular complexity index is 633. The number of carbonyl (C=O) groups excluding carboxylic acids is 1. The van der Waals surface area contributed by atoms with Crippen molar-refractivity contribution in [3.63, 3.8) is 0 Å². The van der Waals surface area contributed by atoms with E-state index in [1.54, 1.807) is 55.6 Å². The molecule has 0 fully saturated rings. The molecule has 1 atom stereocenters. The highest BCUT2D eigenvalue weighted by Gasteiger charge is 2.12. The molecular formula is C16H15N3O2. The minimum absolute atomic E-state index is 0.288. The fourth-order valence-corrected chi connectivity index (χ4v) is 1.79. The molecule has 2 N–H and O–H groups in total. The van der Waals surface area contributed by atoms with Crippen molar-refractivity contribution in [3.8, 4) is 11.8 Å². The van der Waals surface area contributed by atoms with Crippen LogP contribution in [0.25, 0.3) is 0 Å². The molecule has 2 aromatic rings. The summed E-state index contributed by atoms with van der Waals surface area (Å²) in [6.07, 6.45) is 0. The van der Waals surface area contributed by atoms with E-state index in [1.165, 1.54) is 0 Å². The van der Waals surface area contributed by atoms with Crippen molar-refractivity contribution >= 4 is 5.91 Å². The van der Waals surface area contributed by atoms with Crippen molar-refractivity contribution in [3.05, 3.63) is 65.7 Å². The van der Waals surface area contributed by atoms with Crippen LogP contribution in [0, 0.1) is 11.3 Å². The van der Waals surface area contributed by atoms with Crippen LogP contribution in [-0.4, -0.2) is 13.0 Å².